The quantitative estimate of drug-likeness (QED) is 0.268. The molecular formula is C27H21F2N7. The van der Waals surface area contributed by atoms with Gasteiger partial charge in [-0.15, -0.1) is 0 Å². The van der Waals surface area contributed by atoms with E-state index >= 15 is 4.39 Å². The number of anilines is 1. The van der Waals surface area contributed by atoms with Crippen molar-refractivity contribution in [1.82, 2.24) is 30.1 Å². The topological polar surface area (TPSA) is 95.2 Å². The molecule has 6 rings (SSSR count). The van der Waals surface area contributed by atoms with E-state index in [1.807, 2.05) is 32.0 Å². The van der Waals surface area contributed by atoms with E-state index in [4.69, 9.17) is 0 Å². The van der Waals surface area contributed by atoms with Gasteiger partial charge in [-0.05, 0) is 61.4 Å². The molecule has 6 aromatic rings. The number of H-pyrrole nitrogens is 2. The van der Waals surface area contributed by atoms with Crippen LogP contribution < -0.4 is 5.32 Å². The van der Waals surface area contributed by atoms with Gasteiger partial charge in [0, 0.05) is 41.1 Å². The fourth-order valence-electron chi connectivity index (χ4n) is 4.33. The SMILES string of the molecule is CC(C)Nc1cncc(-c2cc(F)c3n[nH]c(-c4nc5nccc(-c6ccc(F)cc6)c5[nH]4)c3c2)c1. The first-order valence-corrected chi connectivity index (χ1v) is 11.5. The lowest BCUT2D eigenvalue weighted by atomic mass is 10.0. The van der Waals surface area contributed by atoms with Gasteiger partial charge >= 0.3 is 0 Å². The number of hydrogen-bond acceptors (Lipinski definition) is 5. The number of aromatic amines is 2. The maximum absolute atomic E-state index is 15.1. The molecule has 2 aromatic carbocycles. The zero-order valence-electron chi connectivity index (χ0n) is 19.5. The van der Waals surface area contributed by atoms with Crippen molar-refractivity contribution in [2.24, 2.45) is 0 Å². The van der Waals surface area contributed by atoms with Gasteiger partial charge in [0.2, 0.25) is 0 Å². The first kappa shape index (κ1) is 21.8. The van der Waals surface area contributed by atoms with Gasteiger partial charge in [0.25, 0.3) is 0 Å². The zero-order valence-corrected chi connectivity index (χ0v) is 19.5. The number of nitrogens with zero attached hydrogens (tertiary/aromatic N) is 4. The van der Waals surface area contributed by atoms with Gasteiger partial charge in [0.05, 0.1) is 11.2 Å². The third-order valence-corrected chi connectivity index (χ3v) is 5.92. The molecule has 0 spiro atoms. The smallest absolute Gasteiger partial charge is 0.178 e. The molecule has 4 heterocycles. The van der Waals surface area contributed by atoms with E-state index in [-0.39, 0.29) is 17.4 Å². The Balaban J connectivity index is 1.47. The second-order valence-corrected chi connectivity index (χ2v) is 8.86. The molecule has 0 fully saturated rings. The van der Waals surface area contributed by atoms with Gasteiger partial charge < -0.3 is 10.3 Å². The van der Waals surface area contributed by atoms with Crippen LogP contribution in [-0.2, 0) is 0 Å². The van der Waals surface area contributed by atoms with Gasteiger partial charge in [-0.1, -0.05) is 12.1 Å². The highest BCUT2D eigenvalue weighted by Gasteiger charge is 2.18. The monoisotopic (exact) mass is 481 g/mol. The number of rotatable bonds is 5. The van der Waals surface area contributed by atoms with Crippen molar-refractivity contribution in [1.29, 1.82) is 0 Å². The lowest BCUT2D eigenvalue weighted by Gasteiger charge is -2.11. The van der Waals surface area contributed by atoms with E-state index in [9.17, 15) is 4.39 Å². The Morgan fingerprint density at radius 3 is 2.56 bits per heavy atom. The molecule has 0 aliphatic heterocycles. The Bertz CT molecular complexity index is 1720. The van der Waals surface area contributed by atoms with Crippen LogP contribution in [0.3, 0.4) is 0 Å². The minimum Gasteiger partial charge on any atom is -0.382 e. The molecule has 178 valence electrons. The average Bonchev–Trinajstić information content (AvgIpc) is 3.48. The van der Waals surface area contributed by atoms with Gasteiger partial charge in [0.1, 0.15) is 17.0 Å². The summed E-state index contributed by atoms with van der Waals surface area (Å²) in [5, 5.41) is 11.0. The van der Waals surface area contributed by atoms with Gasteiger partial charge in [-0.3, -0.25) is 10.1 Å². The summed E-state index contributed by atoms with van der Waals surface area (Å²) in [6, 6.07) is 13.6. The van der Waals surface area contributed by atoms with Crippen molar-refractivity contribution in [3.63, 3.8) is 0 Å². The second kappa shape index (κ2) is 8.53. The van der Waals surface area contributed by atoms with E-state index in [2.05, 4.69) is 35.5 Å². The minimum absolute atomic E-state index is 0.213. The van der Waals surface area contributed by atoms with Crippen LogP contribution in [0.25, 0.3) is 55.8 Å². The number of fused-ring (bicyclic) bond motifs is 2. The Morgan fingerprint density at radius 1 is 0.917 bits per heavy atom. The molecule has 0 unspecified atom stereocenters. The van der Waals surface area contributed by atoms with E-state index in [1.54, 1.807) is 30.7 Å². The lowest BCUT2D eigenvalue weighted by Crippen LogP contribution is -2.09. The molecule has 3 N–H and O–H groups in total. The summed E-state index contributed by atoms with van der Waals surface area (Å²) in [5.74, 6) is -0.287. The van der Waals surface area contributed by atoms with E-state index in [1.165, 1.54) is 18.2 Å². The average molecular weight is 482 g/mol. The van der Waals surface area contributed by atoms with Crippen LogP contribution in [0.2, 0.25) is 0 Å². The van der Waals surface area contributed by atoms with Crippen molar-refractivity contribution in [2.45, 2.75) is 19.9 Å². The van der Waals surface area contributed by atoms with Crippen LogP contribution in [0.4, 0.5) is 14.5 Å². The third kappa shape index (κ3) is 3.84. The van der Waals surface area contributed by atoms with Gasteiger partial charge in [-0.2, -0.15) is 5.10 Å². The highest BCUT2D eigenvalue weighted by atomic mass is 19.1. The number of hydrogen-bond donors (Lipinski definition) is 3. The van der Waals surface area contributed by atoms with Gasteiger partial charge in [0.15, 0.2) is 17.3 Å². The number of aromatic nitrogens is 6. The molecule has 0 saturated heterocycles. The largest absolute Gasteiger partial charge is 0.382 e. The standard InChI is InChI=1S/C27H21F2N7/c1-14(2)32-19-9-17(12-30-13-19)16-10-21-23(22(29)11-16)35-36-25(21)27-33-24-20(7-8-31-26(24)34-27)15-3-5-18(28)6-4-15/h3-14,32H,1-2H3,(H,35,36)(H,31,33,34). The molecule has 7 nitrogen and oxygen atoms in total. The highest BCUT2D eigenvalue weighted by Crippen LogP contribution is 2.34. The molecule has 0 amide bonds. The Kier molecular flexibility index (Phi) is 5.18. The van der Waals surface area contributed by atoms with Crippen molar-refractivity contribution >= 4 is 27.8 Å². The summed E-state index contributed by atoms with van der Waals surface area (Å²) in [6.45, 7) is 4.08. The Morgan fingerprint density at radius 2 is 1.75 bits per heavy atom. The first-order chi connectivity index (χ1) is 17.5. The van der Waals surface area contributed by atoms with E-state index < -0.39 is 5.82 Å². The Labute approximate surface area is 204 Å². The minimum atomic E-state index is -0.451. The summed E-state index contributed by atoms with van der Waals surface area (Å²) in [4.78, 5) is 16.6. The number of benzene rings is 2. The normalized spacial score (nSPS) is 11.6. The summed E-state index contributed by atoms with van der Waals surface area (Å²) in [7, 11) is 0. The molecule has 0 radical (unpaired) electrons. The van der Waals surface area contributed by atoms with Gasteiger partial charge in [-0.25, -0.2) is 18.7 Å². The van der Waals surface area contributed by atoms with Crippen LogP contribution in [0.5, 0.6) is 0 Å². The van der Waals surface area contributed by atoms with Crippen molar-refractivity contribution in [3.8, 4) is 33.8 Å². The lowest BCUT2D eigenvalue weighted by molar-refractivity contribution is 0.628. The number of halogens is 2. The zero-order chi connectivity index (χ0) is 24.8. The van der Waals surface area contributed by atoms with Crippen LogP contribution in [0.15, 0.2) is 67.1 Å². The molecule has 0 atom stereocenters. The summed E-state index contributed by atoms with van der Waals surface area (Å²) in [6.07, 6.45) is 5.09. The fraction of sp³-hybridized carbons (Fsp3) is 0.111. The number of nitrogens with one attached hydrogen (secondary N) is 3. The van der Waals surface area contributed by atoms with Crippen molar-refractivity contribution in [3.05, 3.63) is 78.8 Å². The molecule has 36 heavy (non-hydrogen) atoms. The first-order valence-electron chi connectivity index (χ1n) is 11.5. The maximum Gasteiger partial charge on any atom is 0.178 e. The third-order valence-electron chi connectivity index (χ3n) is 5.92. The molecule has 0 aliphatic rings. The van der Waals surface area contributed by atoms with E-state index in [0.717, 1.165) is 22.4 Å². The predicted octanol–water partition coefficient (Wildman–Crippen LogP) is 6.33. The molecule has 0 saturated carbocycles. The number of pyridine rings is 2. The summed E-state index contributed by atoms with van der Waals surface area (Å²) >= 11 is 0. The summed E-state index contributed by atoms with van der Waals surface area (Å²) in [5.41, 5.74) is 5.88. The van der Waals surface area contributed by atoms with Crippen molar-refractivity contribution < 1.29 is 8.78 Å². The van der Waals surface area contributed by atoms with Crippen molar-refractivity contribution in [2.75, 3.05) is 5.32 Å². The highest BCUT2D eigenvalue weighted by molar-refractivity contribution is 5.97. The fourth-order valence-corrected chi connectivity index (χ4v) is 4.33. The molecule has 0 aliphatic carbocycles. The maximum atomic E-state index is 15.1. The van der Waals surface area contributed by atoms with E-state index in [0.29, 0.717) is 33.6 Å². The van der Waals surface area contributed by atoms with Crippen LogP contribution in [0.1, 0.15) is 13.8 Å². The molecule has 0 bridgehead atoms. The summed E-state index contributed by atoms with van der Waals surface area (Å²) < 4.78 is 28.5. The Hall–Kier alpha value is -4.66. The predicted molar refractivity (Wildman–Crippen MR) is 136 cm³/mol. The van der Waals surface area contributed by atoms with Crippen LogP contribution in [-0.4, -0.2) is 36.2 Å². The van der Waals surface area contributed by atoms with Crippen LogP contribution >= 0.6 is 0 Å². The molecule has 4 aromatic heterocycles. The molecular weight excluding hydrogens is 460 g/mol. The number of imidazole rings is 1. The van der Waals surface area contributed by atoms with Crippen LogP contribution in [0, 0.1) is 11.6 Å². The second-order valence-electron chi connectivity index (χ2n) is 8.86. The molecule has 9 heteroatoms.